The van der Waals surface area contributed by atoms with Crippen LogP contribution in [0.25, 0.3) is 0 Å². The van der Waals surface area contributed by atoms with Crippen LogP contribution < -0.4 is 10.2 Å². The topological polar surface area (TPSA) is 43.2 Å². The monoisotopic (exact) mass is 351 g/mol. The lowest BCUT2D eigenvalue weighted by Gasteiger charge is -2.26. The summed E-state index contributed by atoms with van der Waals surface area (Å²) >= 11 is 1.80. The van der Waals surface area contributed by atoms with Crippen LogP contribution in [0.2, 0.25) is 0 Å². The van der Waals surface area contributed by atoms with Crippen molar-refractivity contribution in [2.24, 2.45) is 9.98 Å². The highest BCUT2D eigenvalue weighted by molar-refractivity contribution is 7.10. The molecule has 1 aromatic heterocycles. The second-order valence-corrected chi connectivity index (χ2v) is 7.40. The predicted molar refractivity (Wildman–Crippen MR) is 107 cm³/mol. The van der Waals surface area contributed by atoms with Crippen LogP contribution in [0.15, 0.2) is 58.1 Å². The number of thiophene rings is 1. The Bertz CT molecular complexity index is 877. The van der Waals surface area contributed by atoms with E-state index in [0.29, 0.717) is 0 Å². The Morgan fingerprint density at radius 2 is 2.16 bits per heavy atom. The van der Waals surface area contributed by atoms with Crippen LogP contribution in [0.4, 0.5) is 11.4 Å². The Labute approximate surface area is 152 Å². The van der Waals surface area contributed by atoms with Gasteiger partial charge in [0.1, 0.15) is 0 Å². The molecule has 2 aliphatic rings. The second-order valence-electron chi connectivity index (χ2n) is 6.46. The summed E-state index contributed by atoms with van der Waals surface area (Å²) in [5.74, 6) is 1.71. The number of amidine groups is 2. The third-order valence-electron chi connectivity index (χ3n) is 4.34. The van der Waals surface area contributed by atoms with E-state index in [9.17, 15) is 0 Å². The number of benzene rings is 1. The predicted octanol–water partition coefficient (Wildman–Crippen LogP) is 3.87. The first-order valence-corrected chi connectivity index (χ1v) is 9.17. The van der Waals surface area contributed by atoms with E-state index in [-0.39, 0.29) is 6.04 Å². The van der Waals surface area contributed by atoms with Crippen LogP contribution >= 0.6 is 11.3 Å². The Morgan fingerprint density at radius 3 is 2.92 bits per heavy atom. The van der Waals surface area contributed by atoms with Crippen molar-refractivity contribution in [1.29, 1.82) is 0 Å². The third-order valence-corrected chi connectivity index (χ3v) is 5.49. The lowest BCUT2D eigenvalue weighted by molar-refractivity contribution is 0.465. The van der Waals surface area contributed by atoms with Crippen LogP contribution in [0.5, 0.6) is 0 Å². The van der Waals surface area contributed by atoms with E-state index in [1.807, 2.05) is 38.6 Å². The van der Waals surface area contributed by atoms with Gasteiger partial charge in [-0.1, -0.05) is 6.07 Å². The van der Waals surface area contributed by atoms with Gasteiger partial charge in [-0.05, 0) is 42.1 Å². The fraction of sp³-hybridized carbons (Fsp3) is 0.263. The zero-order valence-corrected chi connectivity index (χ0v) is 15.4. The van der Waals surface area contributed by atoms with E-state index in [1.165, 1.54) is 10.4 Å². The van der Waals surface area contributed by atoms with E-state index >= 15 is 0 Å². The van der Waals surface area contributed by atoms with E-state index in [0.717, 1.165) is 29.6 Å². The quantitative estimate of drug-likeness (QED) is 0.913. The number of anilines is 2. The molecule has 0 saturated carbocycles. The minimum atomic E-state index is 0.269. The van der Waals surface area contributed by atoms with Crippen LogP contribution in [-0.2, 0) is 0 Å². The highest BCUT2D eigenvalue weighted by Crippen LogP contribution is 2.33. The number of rotatable bonds is 3. The fourth-order valence-electron chi connectivity index (χ4n) is 3.04. The molecule has 1 aromatic carbocycles. The molecule has 0 saturated heterocycles. The van der Waals surface area contributed by atoms with Crippen LogP contribution in [0, 0.1) is 6.92 Å². The molecule has 25 heavy (non-hydrogen) atoms. The molecule has 1 N–H and O–H groups in total. The van der Waals surface area contributed by atoms with Gasteiger partial charge in [0.05, 0.1) is 12.6 Å². The average molecular weight is 351 g/mol. The second kappa shape index (κ2) is 6.37. The molecule has 1 atom stereocenters. The number of nitrogens with one attached hydrogen (secondary N) is 1. The van der Waals surface area contributed by atoms with Crippen molar-refractivity contribution in [3.05, 3.63) is 58.6 Å². The molecule has 6 heteroatoms. The van der Waals surface area contributed by atoms with Gasteiger partial charge in [0.15, 0.2) is 11.7 Å². The molecule has 3 heterocycles. The minimum absolute atomic E-state index is 0.269. The number of fused-ring (bicyclic) bond motifs is 1. The van der Waals surface area contributed by atoms with Gasteiger partial charge in [-0.3, -0.25) is 4.99 Å². The van der Waals surface area contributed by atoms with Gasteiger partial charge in [-0.2, -0.15) is 0 Å². The minimum Gasteiger partial charge on any atom is -0.378 e. The summed E-state index contributed by atoms with van der Waals surface area (Å²) in [6.45, 7) is 2.90. The standard InChI is InChI=1S/C19H21N5S/c1-13-9-17(25-12-13)16-11-21-19-18(20-7-8-24(16)19)22-14-5-4-6-15(10-14)23(2)3/h4-10,12,16H,11H2,1-3H3,(H,20,22). The molecule has 0 bridgehead atoms. The van der Waals surface area contributed by atoms with Crippen molar-refractivity contribution in [1.82, 2.24) is 4.90 Å². The summed E-state index contributed by atoms with van der Waals surface area (Å²) in [7, 11) is 4.08. The molecule has 2 aromatic rings. The summed E-state index contributed by atoms with van der Waals surface area (Å²) < 4.78 is 0. The van der Waals surface area contributed by atoms with Gasteiger partial charge in [0.25, 0.3) is 0 Å². The van der Waals surface area contributed by atoms with Crippen LogP contribution in [-0.4, -0.2) is 37.2 Å². The largest absolute Gasteiger partial charge is 0.378 e. The van der Waals surface area contributed by atoms with E-state index in [1.54, 1.807) is 11.3 Å². The Balaban J connectivity index is 1.56. The van der Waals surface area contributed by atoms with E-state index in [2.05, 4.69) is 50.6 Å². The summed E-state index contributed by atoms with van der Waals surface area (Å²) in [6.07, 6.45) is 3.86. The number of hydrogen-bond donors (Lipinski definition) is 1. The Hall–Kier alpha value is -2.60. The Morgan fingerprint density at radius 1 is 1.28 bits per heavy atom. The first-order valence-electron chi connectivity index (χ1n) is 8.29. The molecule has 0 amide bonds. The van der Waals surface area contributed by atoms with Crippen molar-refractivity contribution >= 4 is 34.4 Å². The maximum Gasteiger partial charge on any atom is 0.173 e. The molecule has 0 aliphatic carbocycles. The van der Waals surface area contributed by atoms with Gasteiger partial charge >= 0.3 is 0 Å². The zero-order valence-electron chi connectivity index (χ0n) is 14.6. The molecule has 0 spiro atoms. The average Bonchev–Trinajstić information content (AvgIpc) is 3.21. The molecule has 2 aliphatic heterocycles. The van der Waals surface area contributed by atoms with E-state index in [4.69, 9.17) is 4.99 Å². The van der Waals surface area contributed by atoms with Gasteiger partial charge in [-0.15, -0.1) is 11.3 Å². The SMILES string of the molecule is Cc1csc(C2CN=C3C(Nc4cccc(N(C)C)c4)=NC=CN32)c1. The van der Waals surface area contributed by atoms with Crippen molar-refractivity contribution in [3.8, 4) is 0 Å². The summed E-state index contributed by atoms with van der Waals surface area (Å²) in [4.78, 5) is 14.9. The number of hydrogen-bond acceptors (Lipinski definition) is 6. The molecular weight excluding hydrogens is 330 g/mol. The fourth-order valence-corrected chi connectivity index (χ4v) is 4.03. The number of nitrogens with zero attached hydrogens (tertiary/aromatic N) is 4. The van der Waals surface area contributed by atoms with Crippen LogP contribution in [0.3, 0.4) is 0 Å². The Kier molecular flexibility index (Phi) is 4.05. The lowest BCUT2D eigenvalue weighted by Crippen LogP contribution is -2.36. The smallest absolute Gasteiger partial charge is 0.173 e. The maximum atomic E-state index is 4.75. The molecule has 128 valence electrons. The maximum absolute atomic E-state index is 4.75. The van der Waals surface area contributed by atoms with Gasteiger partial charge in [0.2, 0.25) is 0 Å². The highest BCUT2D eigenvalue weighted by atomic mass is 32.1. The van der Waals surface area contributed by atoms with Crippen molar-refractivity contribution in [3.63, 3.8) is 0 Å². The van der Waals surface area contributed by atoms with Crippen molar-refractivity contribution in [2.75, 3.05) is 30.9 Å². The molecule has 1 unspecified atom stereocenters. The number of aryl methyl sites for hydroxylation is 1. The lowest BCUT2D eigenvalue weighted by atomic mass is 10.2. The molecular formula is C19H21N5S. The first kappa shape index (κ1) is 15.9. The highest BCUT2D eigenvalue weighted by Gasteiger charge is 2.32. The zero-order chi connectivity index (χ0) is 17.4. The van der Waals surface area contributed by atoms with E-state index < -0.39 is 0 Å². The normalized spacial score (nSPS) is 18.7. The summed E-state index contributed by atoms with van der Waals surface area (Å²) in [5.41, 5.74) is 3.47. The summed E-state index contributed by atoms with van der Waals surface area (Å²) in [5, 5.41) is 5.62. The number of aliphatic imine (C=N–C) groups is 2. The molecule has 0 fully saturated rings. The molecule has 5 nitrogen and oxygen atoms in total. The van der Waals surface area contributed by atoms with Crippen molar-refractivity contribution < 1.29 is 0 Å². The van der Waals surface area contributed by atoms with Crippen LogP contribution in [0.1, 0.15) is 16.5 Å². The molecule has 0 radical (unpaired) electrons. The summed E-state index contributed by atoms with van der Waals surface area (Å²) in [6, 6.07) is 10.8. The van der Waals surface area contributed by atoms with Gasteiger partial charge in [0, 0.05) is 42.7 Å². The van der Waals surface area contributed by atoms with Crippen molar-refractivity contribution in [2.45, 2.75) is 13.0 Å². The van der Waals surface area contributed by atoms with Gasteiger partial charge < -0.3 is 15.1 Å². The third kappa shape index (κ3) is 3.05. The molecule has 4 rings (SSSR count). The first-order chi connectivity index (χ1) is 12.1. The van der Waals surface area contributed by atoms with Gasteiger partial charge in [-0.25, -0.2) is 4.99 Å².